The Kier molecular flexibility index (Phi) is 8.30. The van der Waals surface area contributed by atoms with E-state index in [4.69, 9.17) is 9.47 Å². The van der Waals surface area contributed by atoms with Gasteiger partial charge in [0.2, 0.25) is 5.91 Å². The van der Waals surface area contributed by atoms with Crippen molar-refractivity contribution in [2.24, 2.45) is 5.92 Å². The Labute approximate surface area is 214 Å². The molecule has 2 aromatic carbocycles. The molecule has 2 saturated heterocycles. The number of nitrogens with zero attached hydrogens (tertiary/aromatic N) is 2. The van der Waals surface area contributed by atoms with Crippen molar-refractivity contribution in [3.8, 4) is 11.5 Å². The number of likely N-dealkylation sites (tertiary alicyclic amines) is 1. The third-order valence-electron chi connectivity index (χ3n) is 6.21. The number of rotatable bonds is 8. The Hall–Kier alpha value is -3.33. The zero-order chi connectivity index (χ0) is 25.7. The van der Waals surface area contributed by atoms with Crippen LogP contribution >= 0.6 is 11.8 Å². The number of hydrogen-bond donors (Lipinski definition) is 0. The number of hydrogen-bond acceptors (Lipinski definition) is 6. The van der Waals surface area contributed by atoms with Crippen LogP contribution in [0.5, 0.6) is 11.5 Å². The fourth-order valence-electron chi connectivity index (χ4n) is 4.05. The lowest BCUT2D eigenvalue weighted by atomic mass is 9.99. The normalized spacial score (nSPS) is 17.7. The lowest BCUT2D eigenvalue weighted by molar-refractivity contribution is -0.136. The van der Waals surface area contributed by atoms with Gasteiger partial charge in [0.15, 0.2) is 11.5 Å². The van der Waals surface area contributed by atoms with Crippen molar-refractivity contribution in [2.75, 3.05) is 26.2 Å². The van der Waals surface area contributed by atoms with E-state index >= 15 is 0 Å². The Morgan fingerprint density at radius 1 is 1.11 bits per heavy atom. The number of ether oxygens (including phenoxy) is 2. The molecular formula is C27H29FN2O5S. The molecule has 36 heavy (non-hydrogen) atoms. The van der Waals surface area contributed by atoms with Crippen molar-refractivity contribution in [3.63, 3.8) is 0 Å². The van der Waals surface area contributed by atoms with Crippen LogP contribution in [0, 0.1) is 11.7 Å². The molecule has 2 heterocycles. The maximum absolute atomic E-state index is 13.9. The van der Waals surface area contributed by atoms with E-state index in [1.54, 1.807) is 47.4 Å². The summed E-state index contributed by atoms with van der Waals surface area (Å²) in [6, 6.07) is 11.5. The summed E-state index contributed by atoms with van der Waals surface area (Å²) in [6.45, 7) is 5.46. The van der Waals surface area contributed by atoms with Gasteiger partial charge in [0.25, 0.3) is 11.1 Å². The van der Waals surface area contributed by atoms with Crippen LogP contribution < -0.4 is 9.47 Å². The number of carbonyl (C=O) groups excluding carboxylic acids is 3. The highest BCUT2D eigenvalue weighted by Crippen LogP contribution is 2.35. The van der Waals surface area contributed by atoms with Crippen molar-refractivity contribution in [2.45, 2.75) is 33.3 Å². The number of thioether (sulfide) groups is 1. The van der Waals surface area contributed by atoms with E-state index in [1.165, 1.54) is 6.07 Å². The van der Waals surface area contributed by atoms with Gasteiger partial charge in [-0.25, -0.2) is 4.39 Å². The third-order valence-corrected chi connectivity index (χ3v) is 7.12. The summed E-state index contributed by atoms with van der Waals surface area (Å²) >= 11 is 0.812. The minimum absolute atomic E-state index is 0.0366. The smallest absolute Gasteiger partial charge is 0.294 e. The first kappa shape index (κ1) is 25.8. The minimum atomic E-state index is -0.485. The largest absolute Gasteiger partial charge is 0.490 e. The summed E-state index contributed by atoms with van der Waals surface area (Å²) in [5.74, 6) is 0.410. The van der Waals surface area contributed by atoms with Crippen LogP contribution in [0.4, 0.5) is 9.18 Å². The van der Waals surface area contributed by atoms with Crippen molar-refractivity contribution in [1.82, 2.24) is 9.80 Å². The molecule has 3 amide bonds. The van der Waals surface area contributed by atoms with Crippen LogP contribution in [-0.4, -0.2) is 53.1 Å². The molecule has 0 aromatic heterocycles. The molecule has 2 fully saturated rings. The number of piperidine rings is 1. The minimum Gasteiger partial charge on any atom is -0.490 e. The summed E-state index contributed by atoms with van der Waals surface area (Å²) in [7, 11) is 0. The topological polar surface area (TPSA) is 76.2 Å². The SMILES string of the molecule is CCOc1cc(/C=C2/SC(=O)N(CC(=O)N3CCC(C)CC3)C2=O)ccc1OCc1ccccc1F. The highest BCUT2D eigenvalue weighted by atomic mass is 32.2. The molecular weight excluding hydrogens is 483 g/mol. The predicted octanol–water partition coefficient (Wildman–Crippen LogP) is 5.10. The molecule has 4 rings (SSSR count). The van der Waals surface area contributed by atoms with Crippen LogP contribution in [0.15, 0.2) is 47.4 Å². The van der Waals surface area contributed by atoms with Gasteiger partial charge >= 0.3 is 0 Å². The Bertz CT molecular complexity index is 1180. The maximum Gasteiger partial charge on any atom is 0.294 e. The Balaban J connectivity index is 1.45. The van der Waals surface area contributed by atoms with Gasteiger partial charge in [0, 0.05) is 18.7 Å². The van der Waals surface area contributed by atoms with E-state index in [9.17, 15) is 18.8 Å². The summed E-state index contributed by atoms with van der Waals surface area (Å²) in [5, 5.41) is -0.458. The summed E-state index contributed by atoms with van der Waals surface area (Å²) < 4.78 is 25.4. The van der Waals surface area contributed by atoms with Gasteiger partial charge in [-0.2, -0.15) is 0 Å². The second-order valence-corrected chi connectivity index (χ2v) is 9.84. The van der Waals surface area contributed by atoms with Gasteiger partial charge in [0.1, 0.15) is 19.0 Å². The first-order valence-electron chi connectivity index (χ1n) is 12.0. The predicted molar refractivity (Wildman–Crippen MR) is 136 cm³/mol. The van der Waals surface area contributed by atoms with E-state index in [-0.39, 0.29) is 29.8 Å². The molecule has 0 spiro atoms. The van der Waals surface area contributed by atoms with Crippen LogP contribution in [0.25, 0.3) is 6.08 Å². The highest BCUT2D eigenvalue weighted by Gasteiger charge is 2.37. The van der Waals surface area contributed by atoms with Crippen molar-refractivity contribution in [3.05, 3.63) is 64.3 Å². The highest BCUT2D eigenvalue weighted by molar-refractivity contribution is 8.18. The molecule has 0 saturated carbocycles. The molecule has 2 aliphatic rings. The average molecular weight is 513 g/mol. The average Bonchev–Trinajstić information content (AvgIpc) is 3.12. The molecule has 0 N–H and O–H groups in total. The van der Waals surface area contributed by atoms with Gasteiger partial charge in [-0.15, -0.1) is 0 Å². The monoisotopic (exact) mass is 512 g/mol. The van der Waals surface area contributed by atoms with Crippen molar-refractivity contribution in [1.29, 1.82) is 0 Å². The van der Waals surface area contributed by atoms with Gasteiger partial charge in [-0.1, -0.05) is 31.2 Å². The fraction of sp³-hybridized carbons (Fsp3) is 0.370. The molecule has 0 atom stereocenters. The molecule has 9 heteroatoms. The third kappa shape index (κ3) is 6.07. The van der Waals surface area contributed by atoms with E-state index in [0.717, 1.165) is 29.5 Å². The molecule has 190 valence electrons. The van der Waals surface area contributed by atoms with Gasteiger partial charge in [-0.05, 0) is 67.3 Å². The van der Waals surface area contributed by atoms with Crippen molar-refractivity contribution < 1.29 is 28.2 Å². The van der Waals surface area contributed by atoms with Crippen molar-refractivity contribution >= 4 is 34.9 Å². The summed E-state index contributed by atoms with van der Waals surface area (Å²) in [6.07, 6.45) is 3.45. The quantitative estimate of drug-likeness (QED) is 0.458. The number of halogens is 1. The molecule has 7 nitrogen and oxygen atoms in total. The molecule has 2 aliphatic heterocycles. The lowest BCUT2D eigenvalue weighted by Gasteiger charge is -2.31. The van der Waals surface area contributed by atoms with Crippen LogP contribution in [0.1, 0.15) is 37.8 Å². The molecule has 0 aliphatic carbocycles. The molecule has 2 aromatic rings. The number of benzene rings is 2. The van der Waals surface area contributed by atoms with Gasteiger partial charge in [-0.3, -0.25) is 19.3 Å². The second-order valence-electron chi connectivity index (χ2n) is 8.85. The van der Waals surface area contributed by atoms with E-state index in [1.807, 2.05) is 6.92 Å². The fourth-order valence-corrected chi connectivity index (χ4v) is 4.89. The maximum atomic E-state index is 13.9. The number of imide groups is 1. The zero-order valence-electron chi connectivity index (χ0n) is 20.4. The number of carbonyl (C=O) groups is 3. The van der Waals surface area contributed by atoms with Crippen LogP contribution in [0.3, 0.4) is 0 Å². The van der Waals surface area contributed by atoms with Gasteiger partial charge < -0.3 is 14.4 Å². The first-order valence-corrected chi connectivity index (χ1v) is 12.8. The van der Waals surface area contributed by atoms with Gasteiger partial charge in [0.05, 0.1) is 11.5 Å². The summed E-state index contributed by atoms with van der Waals surface area (Å²) in [4.78, 5) is 41.0. The van der Waals surface area contributed by atoms with Crippen LogP contribution in [0.2, 0.25) is 0 Å². The van der Waals surface area contributed by atoms with E-state index < -0.39 is 11.1 Å². The van der Waals surface area contributed by atoms with E-state index in [0.29, 0.717) is 48.2 Å². The second kappa shape index (κ2) is 11.6. The van der Waals surface area contributed by atoms with Crippen LogP contribution in [-0.2, 0) is 16.2 Å². The Morgan fingerprint density at radius 2 is 1.86 bits per heavy atom. The molecule has 0 bridgehead atoms. The first-order chi connectivity index (χ1) is 17.4. The molecule has 0 unspecified atom stereocenters. The zero-order valence-corrected chi connectivity index (χ0v) is 21.2. The number of amides is 3. The lowest BCUT2D eigenvalue weighted by Crippen LogP contribution is -2.45. The van der Waals surface area contributed by atoms with E-state index in [2.05, 4.69) is 6.92 Å². The molecule has 0 radical (unpaired) electrons. The summed E-state index contributed by atoms with van der Waals surface area (Å²) in [5.41, 5.74) is 1.06. The standard InChI is InChI=1S/C27H29FN2O5S/c1-3-34-23-14-19(8-9-22(23)35-17-20-6-4-5-7-21(20)28)15-24-26(32)30(27(33)36-24)16-25(31)29-12-10-18(2)11-13-29/h4-9,14-15,18H,3,10-13,16-17H2,1-2H3/b24-15+. The Morgan fingerprint density at radius 3 is 2.58 bits per heavy atom.